The number of rotatable bonds is 37. The quantitative estimate of drug-likeness (QED) is 0.0400. The van der Waals surface area contributed by atoms with Crippen LogP contribution in [0.1, 0.15) is 206 Å². The van der Waals surface area contributed by atoms with Gasteiger partial charge in [-0.15, -0.1) is 0 Å². The molecule has 0 aromatic carbocycles. The molecule has 0 spiro atoms. The SMILES string of the molecule is CCCCCCCC(=O)OCCCCCCCCCC(CCCCCCCCCOC(=O)CCCCCCC)OC(=O)CCCNC. The van der Waals surface area contributed by atoms with Crippen molar-refractivity contribution >= 4 is 17.9 Å². The van der Waals surface area contributed by atoms with Crippen LogP contribution in [-0.2, 0) is 28.6 Å². The zero-order chi connectivity index (χ0) is 34.5. The molecule has 0 unspecified atom stereocenters. The van der Waals surface area contributed by atoms with Crippen molar-refractivity contribution in [2.75, 3.05) is 26.8 Å². The second-order valence-electron chi connectivity index (χ2n) is 13.6. The molecular formula is C40H77NO6. The summed E-state index contributed by atoms with van der Waals surface area (Å²) in [4.78, 5) is 36.0. The van der Waals surface area contributed by atoms with Gasteiger partial charge in [0.25, 0.3) is 0 Å². The minimum Gasteiger partial charge on any atom is -0.466 e. The average Bonchev–Trinajstić information content (AvgIpc) is 3.06. The van der Waals surface area contributed by atoms with E-state index in [0.29, 0.717) is 32.5 Å². The third-order valence-corrected chi connectivity index (χ3v) is 8.94. The molecule has 7 heteroatoms. The number of hydrogen-bond acceptors (Lipinski definition) is 7. The van der Waals surface area contributed by atoms with Crippen LogP contribution in [0.4, 0.5) is 0 Å². The Labute approximate surface area is 290 Å². The van der Waals surface area contributed by atoms with Crippen LogP contribution in [0.5, 0.6) is 0 Å². The van der Waals surface area contributed by atoms with Gasteiger partial charge in [0.1, 0.15) is 6.10 Å². The predicted molar refractivity (Wildman–Crippen MR) is 196 cm³/mol. The van der Waals surface area contributed by atoms with Crippen molar-refractivity contribution in [2.24, 2.45) is 0 Å². The molecule has 1 N–H and O–H groups in total. The lowest BCUT2D eigenvalue weighted by Crippen LogP contribution is -2.19. The third kappa shape index (κ3) is 35.5. The fraction of sp³-hybridized carbons (Fsp3) is 0.925. The van der Waals surface area contributed by atoms with Crippen LogP contribution in [0.15, 0.2) is 0 Å². The van der Waals surface area contributed by atoms with Crippen molar-refractivity contribution < 1.29 is 28.6 Å². The standard InChI is InChI=1S/C40H77NO6/c1-4-6-8-16-24-31-38(42)45-35-26-20-14-10-12-18-22-29-37(47-40(44)33-28-34-41-3)30-23-19-13-11-15-21-27-36-46-39(43)32-25-17-9-7-5-2/h37,41H,4-36H2,1-3H3. The van der Waals surface area contributed by atoms with E-state index < -0.39 is 0 Å². The number of unbranched alkanes of at least 4 members (excludes halogenated alkanes) is 20. The van der Waals surface area contributed by atoms with Crippen molar-refractivity contribution in [1.82, 2.24) is 5.32 Å². The maximum atomic E-state index is 12.4. The molecule has 0 aliphatic heterocycles. The zero-order valence-electron chi connectivity index (χ0n) is 31.4. The van der Waals surface area contributed by atoms with E-state index in [9.17, 15) is 14.4 Å². The van der Waals surface area contributed by atoms with Gasteiger partial charge < -0.3 is 19.5 Å². The third-order valence-electron chi connectivity index (χ3n) is 8.94. The molecule has 0 rings (SSSR count). The highest BCUT2D eigenvalue weighted by Crippen LogP contribution is 2.18. The molecule has 278 valence electrons. The number of hydrogen-bond donors (Lipinski definition) is 1. The summed E-state index contributed by atoms with van der Waals surface area (Å²) in [7, 11) is 1.91. The molecule has 0 saturated heterocycles. The highest BCUT2D eigenvalue weighted by molar-refractivity contribution is 5.70. The lowest BCUT2D eigenvalue weighted by molar-refractivity contribution is -0.150. The smallest absolute Gasteiger partial charge is 0.306 e. The fourth-order valence-electron chi connectivity index (χ4n) is 5.89. The van der Waals surface area contributed by atoms with Gasteiger partial charge in [-0.3, -0.25) is 14.4 Å². The van der Waals surface area contributed by atoms with Gasteiger partial charge in [-0.1, -0.05) is 129 Å². The Morgan fingerprint density at radius 3 is 1.23 bits per heavy atom. The molecule has 0 fully saturated rings. The normalized spacial score (nSPS) is 11.2. The summed E-state index contributed by atoms with van der Waals surface area (Å²) in [5.74, 6) is -0.123. The summed E-state index contributed by atoms with van der Waals surface area (Å²) in [5.41, 5.74) is 0. The molecule has 0 atom stereocenters. The van der Waals surface area contributed by atoms with Crippen molar-refractivity contribution in [3.8, 4) is 0 Å². The molecule has 0 aromatic heterocycles. The first-order valence-corrected chi connectivity index (χ1v) is 20.2. The van der Waals surface area contributed by atoms with Gasteiger partial charge in [-0.2, -0.15) is 0 Å². The molecular weight excluding hydrogens is 590 g/mol. The predicted octanol–water partition coefficient (Wildman–Crippen LogP) is 10.9. The van der Waals surface area contributed by atoms with Crippen molar-refractivity contribution in [2.45, 2.75) is 213 Å². The van der Waals surface area contributed by atoms with Crippen LogP contribution in [0, 0.1) is 0 Å². The first-order chi connectivity index (χ1) is 23.0. The van der Waals surface area contributed by atoms with Gasteiger partial charge in [0.15, 0.2) is 0 Å². The first kappa shape index (κ1) is 45.4. The second kappa shape index (κ2) is 37.2. The monoisotopic (exact) mass is 668 g/mol. The summed E-state index contributed by atoms with van der Waals surface area (Å²) >= 11 is 0. The Morgan fingerprint density at radius 1 is 0.447 bits per heavy atom. The number of ether oxygens (including phenoxy) is 3. The van der Waals surface area contributed by atoms with Gasteiger partial charge in [0, 0.05) is 19.3 Å². The van der Waals surface area contributed by atoms with E-state index in [1.165, 1.54) is 89.9 Å². The van der Waals surface area contributed by atoms with Crippen molar-refractivity contribution in [3.63, 3.8) is 0 Å². The first-order valence-electron chi connectivity index (χ1n) is 20.2. The summed E-state index contributed by atoms with van der Waals surface area (Å²) in [6, 6.07) is 0. The summed E-state index contributed by atoms with van der Waals surface area (Å²) in [6.45, 7) is 6.36. The zero-order valence-corrected chi connectivity index (χ0v) is 31.4. The summed E-state index contributed by atoms with van der Waals surface area (Å²) in [6.07, 6.45) is 31.9. The molecule has 0 amide bonds. The molecule has 0 aliphatic rings. The number of esters is 3. The van der Waals surface area contributed by atoms with Crippen LogP contribution in [-0.4, -0.2) is 50.8 Å². The minimum absolute atomic E-state index is 0.0337. The number of carbonyl (C=O) groups excluding carboxylic acids is 3. The van der Waals surface area contributed by atoms with Crippen molar-refractivity contribution in [3.05, 3.63) is 0 Å². The Kier molecular flexibility index (Phi) is 35.9. The van der Waals surface area contributed by atoms with Gasteiger partial charge in [0.05, 0.1) is 13.2 Å². The van der Waals surface area contributed by atoms with Crippen molar-refractivity contribution in [1.29, 1.82) is 0 Å². The summed E-state index contributed by atoms with van der Waals surface area (Å²) < 4.78 is 16.7. The topological polar surface area (TPSA) is 90.9 Å². The molecule has 47 heavy (non-hydrogen) atoms. The van der Waals surface area contributed by atoms with E-state index in [0.717, 1.165) is 90.0 Å². The second-order valence-corrected chi connectivity index (χ2v) is 13.6. The van der Waals surface area contributed by atoms with Gasteiger partial charge in [-0.05, 0) is 71.4 Å². The van der Waals surface area contributed by atoms with E-state index >= 15 is 0 Å². The van der Waals surface area contributed by atoms with Gasteiger partial charge >= 0.3 is 17.9 Å². The Bertz CT molecular complexity index is 654. The van der Waals surface area contributed by atoms with E-state index in [4.69, 9.17) is 14.2 Å². The number of carbonyl (C=O) groups is 3. The molecule has 0 aliphatic carbocycles. The lowest BCUT2D eigenvalue weighted by Gasteiger charge is -2.18. The van der Waals surface area contributed by atoms with E-state index in [1.54, 1.807) is 0 Å². The average molecular weight is 668 g/mol. The van der Waals surface area contributed by atoms with Crippen LogP contribution in [0.2, 0.25) is 0 Å². The Morgan fingerprint density at radius 2 is 0.809 bits per heavy atom. The molecule has 0 radical (unpaired) electrons. The summed E-state index contributed by atoms with van der Waals surface area (Å²) in [5, 5.41) is 3.10. The largest absolute Gasteiger partial charge is 0.466 e. The van der Waals surface area contributed by atoms with Crippen LogP contribution >= 0.6 is 0 Å². The maximum Gasteiger partial charge on any atom is 0.306 e. The van der Waals surface area contributed by atoms with E-state index in [1.807, 2.05) is 7.05 Å². The fourth-order valence-corrected chi connectivity index (χ4v) is 5.89. The highest BCUT2D eigenvalue weighted by atomic mass is 16.5. The van der Waals surface area contributed by atoms with Gasteiger partial charge in [0.2, 0.25) is 0 Å². The Balaban J connectivity index is 3.91. The van der Waals surface area contributed by atoms with Crippen LogP contribution in [0.25, 0.3) is 0 Å². The molecule has 0 aromatic rings. The molecule has 0 bridgehead atoms. The Hall–Kier alpha value is -1.63. The number of nitrogens with one attached hydrogen (secondary N) is 1. The highest BCUT2D eigenvalue weighted by Gasteiger charge is 2.14. The van der Waals surface area contributed by atoms with Crippen LogP contribution < -0.4 is 5.32 Å². The molecule has 0 saturated carbocycles. The van der Waals surface area contributed by atoms with Gasteiger partial charge in [-0.25, -0.2) is 0 Å². The molecule has 0 heterocycles. The van der Waals surface area contributed by atoms with Crippen LogP contribution in [0.3, 0.4) is 0 Å². The lowest BCUT2D eigenvalue weighted by atomic mass is 10.0. The maximum absolute atomic E-state index is 12.4. The minimum atomic E-state index is -0.0559. The molecule has 7 nitrogen and oxygen atoms in total. The van der Waals surface area contributed by atoms with E-state index in [-0.39, 0.29) is 24.0 Å². The van der Waals surface area contributed by atoms with E-state index in [2.05, 4.69) is 19.2 Å².